The van der Waals surface area contributed by atoms with Crippen molar-refractivity contribution in [2.24, 2.45) is 0 Å². The third-order valence-electron chi connectivity index (χ3n) is 3.90. The largest absolute Gasteiger partial charge is 0.383 e. The maximum Gasteiger partial charge on any atom is 0.0643 e. The van der Waals surface area contributed by atoms with E-state index in [-0.39, 0.29) is 0 Å². The molecule has 21 heavy (non-hydrogen) atoms. The standard InChI is InChI=1S/C17H27ClN2O/c1-3-4-11-20(15-8-9-15)17-14(6-5-7-16(17)18)13-19-10-12-21-2/h5-7,15,19H,3-4,8-13H2,1-2H3. The summed E-state index contributed by atoms with van der Waals surface area (Å²) >= 11 is 6.52. The maximum atomic E-state index is 6.52. The Hall–Kier alpha value is -0.770. The zero-order chi connectivity index (χ0) is 15.1. The first-order valence-electron chi connectivity index (χ1n) is 8.01. The van der Waals surface area contributed by atoms with Crippen LogP contribution in [0.5, 0.6) is 0 Å². The number of benzene rings is 1. The molecule has 1 saturated carbocycles. The summed E-state index contributed by atoms with van der Waals surface area (Å²) in [5.41, 5.74) is 2.53. The molecule has 0 atom stereocenters. The molecule has 0 radical (unpaired) electrons. The van der Waals surface area contributed by atoms with Gasteiger partial charge >= 0.3 is 0 Å². The van der Waals surface area contributed by atoms with Crippen LogP contribution in [0.1, 0.15) is 38.2 Å². The van der Waals surface area contributed by atoms with Gasteiger partial charge in [-0.1, -0.05) is 37.1 Å². The summed E-state index contributed by atoms with van der Waals surface area (Å²) in [6, 6.07) is 6.93. The summed E-state index contributed by atoms with van der Waals surface area (Å²) in [5, 5.41) is 4.31. The number of anilines is 1. The predicted molar refractivity (Wildman–Crippen MR) is 90.3 cm³/mol. The molecule has 0 saturated heterocycles. The fraction of sp³-hybridized carbons (Fsp3) is 0.647. The normalized spacial score (nSPS) is 14.4. The van der Waals surface area contributed by atoms with Crippen LogP contribution in [0, 0.1) is 0 Å². The van der Waals surface area contributed by atoms with Crippen LogP contribution in [0.3, 0.4) is 0 Å². The Bertz CT molecular complexity index is 435. The van der Waals surface area contributed by atoms with Crippen molar-refractivity contribution >= 4 is 17.3 Å². The van der Waals surface area contributed by atoms with Gasteiger partial charge in [0.1, 0.15) is 0 Å². The van der Waals surface area contributed by atoms with Gasteiger partial charge in [-0.2, -0.15) is 0 Å². The lowest BCUT2D eigenvalue weighted by Crippen LogP contribution is -2.29. The van der Waals surface area contributed by atoms with Gasteiger partial charge in [0.25, 0.3) is 0 Å². The summed E-state index contributed by atoms with van der Waals surface area (Å²) < 4.78 is 5.08. The minimum absolute atomic E-state index is 0.689. The van der Waals surface area contributed by atoms with Crippen molar-refractivity contribution in [2.75, 3.05) is 31.7 Å². The van der Waals surface area contributed by atoms with Crippen LogP contribution in [0.15, 0.2) is 18.2 Å². The number of para-hydroxylation sites is 1. The van der Waals surface area contributed by atoms with E-state index in [1.807, 2.05) is 12.1 Å². The van der Waals surface area contributed by atoms with E-state index in [0.29, 0.717) is 6.04 Å². The molecule has 1 aliphatic carbocycles. The van der Waals surface area contributed by atoms with Gasteiger partial charge < -0.3 is 15.0 Å². The molecule has 1 aliphatic rings. The van der Waals surface area contributed by atoms with Crippen molar-refractivity contribution in [3.8, 4) is 0 Å². The highest BCUT2D eigenvalue weighted by Gasteiger charge is 2.31. The number of halogens is 1. The van der Waals surface area contributed by atoms with Gasteiger partial charge in [-0.05, 0) is 30.9 Å². The van der Waals surface area contributed by atoms with E-state index in [4.69, 9.17) is 16.3 Å². The average Bonchev–Trinajstić information content (AvgIpc) is 3.31. The SMILES string of the molecule is CCCCN(c1c(Cl)cccc1CNCCOC)C1CC1. The molecule has 0 aliphatic heterocycles. The molecular weight excluding hydrogens is 284 g/mol. The third kappa shape index (κ3) is 4.87. The van der Waals surface area contributed by atoms with Gasteiger partial charge in [0.05, 0.1) is 17.3 Å². The zero-order valence-corrected chi connectivity index (χ0v) is 14.0. The van der Waals surface area contributed by atoms with Crippen LogP contribution >= 0.6 is 11.6 Å². The van der Waals surface area contributed by atoms with Crippen LogP contribution in [0.2, 0.25) is 5.02 Å². The van der Waals surface area contributed by atoms with E-state index in [0.717, 1.165) is 31.3 Å². The fourth-order valence-corrected chi connectivity index (χ4v) is 2.92. The number of methoxy groups -OCH3 is 1. The van der Waals surface area contributed by atoms with E-state index in [2.05, 4.69) is 23.2 Å². The van der Waals surface area contributed by atoms with Crippen LogP contribution in [-0.4, -0.2) is 32.8 Å². The fourth-order valence-electron chi connectivity index (χ4n) is 2.61. The second-order valence-corrected chi connectivity index (χ2v) is 6.10. The van der Waals surface area contributed by atoms with Crippen molar-refractivity contribution in [3.05, 3.63) is 28.8 Å². The van der Waals surface area contributed by atoms with Crippen molar-refractivity contribution in [1.29, 1.82) is 0 Å². The molecule has 0 amide bonds. The second-order valence-electron chi connectivity index (χ2n) is 5.70. The lowest BCUT2D eigenvalue weighted by Gasteiger charge is -2.28. The van der Waals surface area contributed by atoms with Crippen molar-refractivity contribution in [1.82, 2.24) is 5.32 Å². The lowest BCUT2D eigenvalue weighted by molar-refractivity contribution is 0.199. The highest BCUT2D eigenvalue weighted by Crippen LogP contribution is 2.38. The average molecular weight is 311 g/mol. The van der Waals surface area contributed by atoms with Crippen molar-refractivity contribution in [2.45, 2.75) is 45.2 Å². The molecule has 2 rings (SSSR count). The Labute approximate surface area is 133 Å². The molecule has 0 heterocycles. The summed E-state index contributed by atoms with van der Waals surface area (Å²) in [4.78, 5) is 2.53. The molecule has 118 valence electrons. The molecule has 1 aromatic carbocycles. The number of unbranched alkanes of at least 4 members (excludes halogenated alkanes) is 1. The molecule has 0 unspecified atom stereocenters. The van der Waals surface area contributed by atoms with E-state index in [1.54, 1.807) is 7.11 Å². The number of ether oxygens (including phenoxy) is 1. The summed E-state index contributed by atoms with van der Waals surface area (Å²) in [6.45, 7) is 5.79. The molecule has 1 aromatic rings. The summed E-state index contributed by atoms with van der Waals surface area (Å²) in [6.07, 6.45) is 5.03. The number of hydrogen-bond acceptors (Lipinski definition) is 3. The Morgan fingerprint density at radius 3 is 2.86 bits per heavy atom. The summed E-state index contributed by atoms with van der Waals surface area (Å²) in [5.74, 6) is 0. The van der Waals surface area contributed by atoms with E-state index >= 15 is 0 Å². The maximum absolute atomic E-state index is 6.52. The monoisotopic (exact) mass is 310 g/mol. The smallest absolute Gasteiger partial charge is 0.0643 e. The number of hydrogen-bond donors (Lipinski definition) is 1. The molecular formula is C17H27ClN2O. The van der Waals surface area contributed by atoms with Gasteiger partial charge in [0.2, 0.25) is 0 Å². The first-order valence-corrected chi connectivity index (χ1v) is 8.39. The first kappa shape index (κ1) is 16.6. The zero-order valence-electron chi connectivity index (χ0n) is 13.2. The van der Waals surface area contributed by atoms with E-state index in [1.165, 1.54) is 36.9 Å². The third-order valence-corrected chi connectivity index (χ3v) is 4.20. The van der Waals surface area contributed by atoms with E-state index in [9.17, 15) is 0 Å². The topological polar surface area (TPSA) is 24.5 Å². The molecule has 1 fully saturated rings. The first-order chi connectivity index (χ1) is 10.3. The Morgan fingerprint density at radius 2 is 2.19 bits per heavy atom. The van der Waals surface area contributed by atoms with Crippen LogP contribution in [0.25, 0.3) is 0 Å². The highest BCUT2D eigenvalue weighted by atomic mass is 35.5. The molecule has 0 bridgehead atoms. The van der Waals surface area contributed by atoms with Gasteiger partial charge in [-0.3, -0.25) is 0 Å². The highest BCUT2D eigenvalue weighted by molar-refractivity contribution is 6.33. The summed E-state index contributed by atoms with van der Waals surface area (Å²) in [7, 11) is 1.73. The van der Waals surface area contributed by atoms with E-state index < -0.39 is 0 Å². The molecule has 1 N–H and O–H groups in total. The number of nitrogens with zero attached hydrogens (tertiary/aromatic N) is 1. The second kappa shape index (κ2) is 8.62. The van der Waals surface area contributed by atoms with Gasteiger partial charge in [0, 0.05) is 32.8 Å². The predicted octanol–water partition coefficient (Wildman–Crippen LogP) is 3.84. The van der Waals surface area contributed by atoms with Crippen LogP contribution < -0.4 is 10.2 Å². The Morgan fingerprint density at radius 1 is 1.38 bits per heavy atom. The molecule has 4 heteroatoms. The number of rotatable bonds is 10. The van der Waals surface area contributed by atoms with Crippen LogP contribution in [-0.2, 0) is 11.3 Å². The Kier molecular flexibility index (Phi) is 6.81. The minimum atomic E-state index is 0.689. The van der Waals surface area contributed by atoms with Gasteiger partial charge in [-0.25, -0.2) is 0 Å². The van der Waals surface area contributed by atoms with Crippen molar-refractivity contribution < 1.29 is 4.74 Å². The molecule has 0 aromatic heterocycles. The van der Waals surface area contributed by atoms with Gasteiger partial charge in [0.15, 0.2) is 0 Å². The Balaban J connectivity index is 2.10. The quantitative estimate of drug-likeness (QED) is 0.664. The lowest BCUT2D eigenvalue weighted by atomic mass is 10.1. The van der Waals surface area contributed by atoms with Crippen molar-refractivity contribution in [3.63, 3.8) is 0 Å². The minimum Gasteiger partial charge on any atom is -0.383 e. The number of nitrogens with one attached hydrogen (secondary N) is 1. The molecule has 0 spiro atoms. The molecule has 3 nitrogen and oxygen atoms in total. The van der Waals surface area contributed by atoms with Gasteiger partial charge in [-0.15, -0.1) is 0 Å². The van der Waals surface area contributed by atoms with Crippen LogP contribution in [0.4, 0.5) is 5.69 Å².